The maximum Gasteiger partial charge on any atom is 0.327 e. The largest absolute Gasteiger partial charge is 0.480 e. The summed E-state index contributed by atoms with van der Waals surface area (Å²) < 4.78 is 0. The molecule has 1 aliphatic heterocycles. The number of hydrogen-bond donors (Lipinski definition) is 1. The lowest BCUT2D eigenvalue weighted by Gasteiger charge is -2.25. The van der Waals surface area contributed by atoms with Crippen LogP contribution in [0.2, 0.25) is 0 Å². The summed E-state index contributed by atoms with van der Waals surface area (Å²) in [6, 6.07) is -0.719. The van der Waals surface area contributed by atoms with Crippen LogP contribution in [0.5, 0.6) is 0 Å². The number of carboxylic acid groups (broad SMARTS) is 1. The maximum atomic E-state index is 12.9. The third-order valence-electron chi connectivity index (χ3n) is 4.64. The summed E-state index contributed by atoms with van der Waals surface area (Å²) in [5, 5.41) is 9.26. The van der Waals surface area contributed by atoms with Gasteiger partial charge in [-0.3, -0.25) is 4.79 Å². The Balaban J connectivity index is 2.52. The fourth-order valence-corrected chi connectivity index (χ4v) is 3.96. The number of carbonyl (C=O) groups is 2. The number of thioether (sulfide) groups is 1. The van der Waals surface area contributed by atoms with Gasteiger partial charge in [-0.1, -0.05) is 0 Å². The molecule has 1 fully saturated rings. The van der Waals surface area contributed by atoms with E-state index in [1.165, 1.54) is 22.2 Å². The molecular weight excluding hydrogens is 286 g/mol. The third kappa shape index (κ3) is 2.55. The lowest BCUT2D eigenvalue weighted by Crippen LogP contribution is -2.42. The van der Waals surface area contributed by atoms with Crippen LogP contribution < -0.4 is 0 Å². The number of carbonyl (C=O) groups excluding carboxylic acids is 1. The molecule has 2 rings (SSSR count). The van der Waals surface area contributed by atoms with Crippen LogP contribution in [0.25, 0.3) is 0 Å². The summed E-state index contributed by atoms with van der Waals surface area (Å²) in [6.07, 6.45) is 0. The number of benzene rings is 1. The van der Waals surface area contributed by atoms with E-state index in [1.807, 2.05) is 27.7 Å². The summed E-state index contributed by atoms with van der Waals surface area (Å²) >= 11 is 1.49. The fourth-order valence-electron chi connectivity index (χ4n) is 2.81. The fraction of sp³-hybridized carbons (Fsp3) is 0.500. The second-order valence-corrected chi connectivity index (χ2v) is 6.63. The molecule has 5 heteroatoms. The van der Waals surface area contributed by atoms with Crippen molar-refractivity contribution in [3.05, 3.63) is 33.4 Å². The summed E-state index contributed by atoms with van der Waals surface area (Å²) in [6.45, 7) is 9.98. The van der Waals surface area contributed by atoms with Gasteiger partial charge in [0, 0.05) is 11.3 Å². The number of amides is 1. The van der Waals surface area contributed by atoms with Gasteiger partial charge in [0.2, 0.25) is 0 Å². The molecule has 1 atom stereocenters. The summed E-state index contributed by atoms with van der Waals surface area (Å²) in [4.78, 5) is 25.6. The average molecular weight is 307 g/mol. The molecule has 1 aromatic rings. The molecule has 1 saturated heterocycles. The zero-order chi connectivity index (χ0) is 15.9. The molecule has 1 amide bonds. The molecular formula is C16H21NO3S. The first-order valence-corrected chi connectivity index (χ1v) is 8.11. The van der Waals surface area contributed by atoms with Gasteiger partial charge in [0.05, 0.1) is 5.88 Å². The molecule has 1 N–H and O–H groups in total. The maximum absolute atomic E-state index is 12.9. The van der Waals surface area contributed by atoms with E-state index >= 15 is 0 Å². The molecule has 4 nitrogen and oxygen atoms in total. The van der Waals surface area contributed by atoms with Crippen molar-refractivity contribution in [1.82, 2.24) is 4.90 Å². The van der Waals surface area contributed by atoms with E-state index < -0.39 is 12.0 Å². The molecule has 1 heterocycles. The Bertz CT molecular complexity index is 595. The van der Waals surface area contributed by atoms with Crippen molar-refractivity contribution in [2.75, 3.05) is 11.6 Å². The SMILES string of the molecule is Cc1c(C)c(C)c(C(=O)N2CSCC2C(=O)O)c(C)c1C. The zero-order valence-corrected chi connectivity index (χ0v) is 13.9. The molecule has 0 spiro atoms. The molecule has 0 bridgehead atoms. The van der Waals surface area contributed by atoms with E-state index in [1.54, 1.807) is 0 Å². The van der Waals surface area contributed by atoms with Gasteiger partial charge in [0.25, 0.3) is 5.91 Å². The quantitative estimate of drug-likeness (QED) is 0.913. The molecule has 21 heavy (non-hydrogen) atoms. The van der Waals surface area contributed by atoms with Crippen molar-refractivity contribution >= 4 is 23.6 Å². The molecule has 0 saturated carbocycles. The van der Waals surface area contributed by atoms with E-state index in [9.17, 15) is 14.7 Å². The normalized spacial score (nSPS) is 18.1. The number of aliphatic carboxylic acids is 1. The molecule has 1 aromatic carbocycles. The van der Waals surface area contributed by atoms with Crippen molar-refractivity contribution < 1.29 is 14.7 Å². The van der Waals surface area contributed by atoms with Gasteiger partial charge in [-0.15, -0.1) is 11.8 Å². The van der Waals surface area contributed by atoms with Gasteiger partial charge in [-0.25, -0.2) is 4.79 Å². The van der Waals surface area contributed by atoms with E-state index in [4.69, 9.17) is 0 Å². The van der Waals surface area contributed by atoms with Gasteiger partial charge >= 0.3 is 5.97 Å². The predicted octanol–water partition coefficient (Wildman–Crippen LogP) is 2.83. The van der Waals surface area contributed by atoms with Crippen LogP contribution in [0.15, 0.2) is 0 Å². The number of nitrogens with zero attached hydrogens (tertiary/aromatic N) is 1. The number of rotatable bonds is 2. The summed E-state index contributed by atoms with van der Waals surface area (Å²) in [5.41, 5.74) is 6.01. The van der Waals surface area contributed by atoms with Crippen LogP contribution in [0.4, 0.5) is 0 Å². The Morgan fingerprint density at radius 2 is 1.48 bits per heavy atom. The molecule has 114 valence electrons. The van der Waals surface area contributed by atoms with Crippen LogP contribution in [-0.2, 0) is 4.79 Å². The van der Waals surface area contributed by atoms with Crippen LogP contribution in [-0.4, -0.2) is 39.6 Å². The van der Waals surface area contributed by atoms with Crippen LogP contribution in [0, 0.1) is 34.6 Å². The Labute approximate surface area is 129 Å². The van der Waals surface area contributed by atoms with Crippen molar-refractivity contribution in [3.8, 4) is 0 Å². The molecule has 1 aliphatic rings. The number of hydrogen-bond acceptors (Lipinski definition) is 3. The van der Waals surface area contributed by atoms with E-state index in [0.29, 0.717) is 17.2 Å². The van der Waals surface area contributed by atoms with E-state index in [2.05, 4.69) is 6.92 Å². The van der Waals surface area contributed by atoms with Gasteiger partial charge in [0.1, 0.15) is 6.04 Å². The highest BCUT2D eigenvalue weighted by molar-refractivity contribution is 7.99. The Morgan fingerprint density at radius 3 is 1.95 bits per heavy atom. The lowest BCUT2D eigenvalue weighted by atomic mass is 9.89. The van der Waals surface area contributed by atoms with Gasteiger partial charge in [0.15, 0.2) is 0 Å². The minimum atomic E-state index is -0.927. The molecule has 0 aromatic heterocycles. The smallest absolute Gasteiger partial charge is 0.327 e. The Morgan fingerprint density at radius 1 is 1.00 bits per heavy atom. The topological polar surface area (TPSA) is 57.6 Å². The monoisotopic (exact) mass is 307 g/mol. The van der Waals surface area contributed by atoms with Crippen LogP contribution >= 0.6 is 11.8 Å². The highest BCUT2D eigenvalue weighted by Crippen LogP contribution is 2.30. The average Bonchev–Trinajstić information content (AvgIpc) is 2.92. The van der Waals surface area contributed by atoms with Crippen molar-refractivity contribution in [2.24, 2.45) is 0 Å². The van der Waals surface area contributed by atoms with E-state index in [0.717, 1.165) is 22.3 Å². The van der Waals surface area contributed by atoms with E-state index in [-0.39, 0.29) is 5.91 Å². The first kappa shape index (κ1) is 15.9. The third-order valence-corrected chi connectivity index (χ3v) is 5.65. The predicted molar refractivity (Wildman–Crippen MR) is 85.0 cm³/mol. The first-order chi connectivity index (χ1) is 9.77. The Kier molecular flexibility index (Phi) is 4.33. The Hall–Kier alpha value is -1.49. The van der Waals surface area contributed by atoms with Crippen molar-refractivity contribution in [2.45, 2.75) is 40.7 Å². The summed E-state index contributed by atoms with van der Waals surface area (Å²) in [5.74, 6) is -0.179. The van der Waals surface area contributed by atoms with Crippen LogP contribution in [0.1, 0.15) is 38.2 Å². The highest BCUT2D eigenvalue weighted by atomic mass is 32.2. The van der Waals surface area contributed by atoms with Gasteiger partial charge < -0.3 is 10.0 Å². The minimum Gasteiger partial charge on any atom is -0.480 e. The van der Waals surface area contributed by atoms with Gasteiger partial charge in [-0.2, -0.15) is 0 Å². The highest BCUT2D eigenvalue weighted by Gasteiger charge is 2.36. The minimum absolute atomic E-state index is 0.159. The molecule has 1 unspecified atom stereocenters. The summed E-state index contributed by atoms with van der Waals surface area (Å²) in [7, 11) is 0. The lowest BCUT2D eigenvalue weighted by molar-refractivity contribution is -0.140. The zero-order valence-electron chi connectivity index (χ0n) is 13.1. The van der Waals surface area contributed by atoms with Crippen molar-refractivity contribution in [1.29, 1.82) is 0 Å². The first-order valence-electron chi connectivity index (χ1n) is 6.95. The van der Waals surface area contributed by atoms with Crippen LogP contribution in [0.3, 0.4) is 0 Å². The second kappa shape index (κ2) is 5.72. The number of carboxylic acids is 1. The molecule has 0 aliphatic carbocycles. The molecule has 0 radical (unpaired) electrons. The second-order valence-electron chi connectivity index (χ2n) is 5.63. The van der Waals surface area contributed by atoms with Gasteiger partial charge in [-0.05, 0) is 62.4 Å². The standard InChI is InChI=1S/C16H21NO3S/c1-8-9(2)11(4)14(12(5)10(8)3)15(18)17-7-21-6-13(17)16(19)20/h13H,6-7H2,1-5H3,(H,19,20). The van der Waals surface area contributed by atoms with Crippen molar-refractivity contribution in [3.63, 3.8) is 0 Å².